The molecule has 13 nitrogen and oxygen atoms in total. The van der Waals surface area contributed by atoms with Gasteiger partial charge in [-0.15, -0.1) is 0 Å². The lowest BCUT2D eigenvalue weighted by atomic mass is 10.1. The topological polar surface area (TPSA) is 256 Å². The van der Waals surface area contributed by atoms with Crippen LogP contribution in [0.1, 0.15) is 31.6 Å². The zero-order valence-corrected chi connectivity index (χ0v) is 15.8. The quantitative estimate of drug-likeness (QED) is 0.346. The Kier molecular flexibility index (Phi) is 8.50. The van der Waals surface area contributed by atoms with E-state index in [1.54, 1.807) is 0 Å². The van der Waals surface area contributed by atoms with Gasteiger partial charge in [0.1, 0.15) is 24.1 Å². The number of nitrogens with zero attached hydrogens (tertiary/aromatic N) is 2. The largest absolute Gasteiger partial charge is 0.790 e. The number of ether oxygens (including phenoxy) is 1. The van der Waals surface area contributed by atoms with Gasteiger partial charge in [0, 0.05) is 11.8 Å². The Morgan fingerprint density at radius 1 is 1.38 bits per heavy atom. The van der Waals surface area contributed by atoms with Crippen LogP contribution in [0.2, 0.25) is 0 Å². The molecule has 1 fully saturated rings. The van der Waals surface area contributed by atoms with Crippen LogP contribution < -0.4 is 33.5 Å². The molecule has 0 radical (unpaired) electrons. The van der Waals surface area contributed by atoms with Gasteiger partial charge in [0.2, 0.25) is 0 Å². The summed E-state index contributed by atoms with van der Waals surface area (Å²) in [5.41, 5.74) is 5.40. The van der Waals surface area contributed by atoms with Gasteiger partial charge in [-0.1, -0.05) is 13.8 Å². The summed E-state index contributed by atoms with van der Waals surface area (Å²) < 4.78 is 20.8. The van der Waals surface area contributed by atoms with Crippen molar-refractivity contribution in [3.8, 4) is 0 Å². The summed E-state index contributed by atoms with van der Waals surface area (Å²) in [7, 11) is -5.26. The number of aromatic nitrogens is 2. The molecule has 0 aliphatic carbocycles. The third kappa shape index (κ3) is 5.30. The van der Waals surface area contributed by atoms with E-state index in [1.165, 1.54) is 6.20 Å². The molecule has 0 unspecified atom stereocenters. The minimum absolute atomic E-state index is 0. The molecule has 1 aromatic rings. The second-order valence-electron chi connectivity index (χ2n) is 5.72. The van der Waals surface area contributed by atoms with Gasteiger partial charge in [0.05, 0.1) is 14.4 Å². The first-order valence-electron chi connectivity index (χ1n) is 7.08. The highest BCUT2D eigenvalue weighted by molar-refractivity contribution is 7.43. The van der Waals surface area contributed by atoms with Gasteiger partial charge in [0.15, 0.2) is 6.23 Å². The fraction of sp³-hybridized carbons (Fsp3) is 0.667. The number of anilines is 1. The van der Waals surface area contributed by atoms with Crippen LogP contribution in [-0.4, -0.2) is 44.7 Å². The van der Waals surface area contributed by atoms with E-state index in [-0.39, 0.29) is 24.0 Å². The Morgan fingerprint density at radius 2 is 1.96 bits per heavy atom. The Hall–Kier alpha value is -1.41. The fourth-order valence-corrected chi connectivity index (χ4v) is 2.71. The first-order chi connectivity index (χ1) is 11.0. The molecule has 1 aliphatic heterocycles. The predicted octanol–water partition coefficient (Wildman–Crippen LogP) is -1.83. The molecular weight excluding hydrogens is 373 g/mol. The van der Waals surface area contributed by atoms with Crippen LogP contribution in [0, 0.1) is 0 Å². The maximum Gasteiger partial charge on any atom is 0.351 e. The van der Waals surface area contributed by atoms with Gasteiger partial charge < -0.3 is 51.9 Å². The van der Waals surface area contributed by atoms with Crippen molar-refractivity contribution in [1.82, 2.24) is 21.9 Å². The van der Waals surface area contributed by atoms with E-state index in [4.69, 9.17) is 10.5 Å². The highest BCUT2D eigenvalue weighted by atomic mass is 31.2. The van der Waals surface area contributed by atoms with Crippen LogP contribution in [0.4, 0.5) is 5.82 Å². The second kappa shape index (κ2) is 8.99. The van der Waals surface area contributed by atoms with E-state index < -0.39 is 44.7 Å². The Bertz CT molecular complexity index is 707. The Balaban J connectivity index is 0.00000312. The molecule has 152 valence electrons. The lowest BCUT2D eigenvalue weighted by molar-refractivity contribution is -0.343. The van der Waals surface area contributed by atoms with Crippen molar-refractivity contribution in [1.29, 1.82) is 0 Å². The van der Waals surface area contributed by atoms with Crippen molar-refractivity contribution < 1.29 is 33.8 Å². The number of phosphoric ester groups is 1. The number of aliphatic hydroxyl groups excluding tert-OH is 2. The van der Waals surface area contributed by atoms with E-state index in [9.17, 15) is 29.4 Å². The van der Waals surface area contributed by atoms with E-state index in [2.05, 4.69) is 9.51 Å². The number of rotatable bonds is 5. The molecular formula is C12H26N5O8P. The first-order valence-corrected chi connectivity index (χ1v) is 8.54. The molecule has 1 aromatic heterocycles. The highest BCUT2D eigenvalue weighted by Crippen LogP contribution is 2.33. The van der Waals surface area contributed by atoms with Crippen molar-refractivity contribution in [3.63, 3.8) is 0 Å². The summed E-state index contributed by atoms with van der Waals surface area (Å²) in [6.07, 6.45) is -4.41. The maximum atomic E-state index is 12.0. The smallest absolute Gasteiger partial charge is 0.351 e. The molecule has 0 spiro atoms. The molecule has 0 saturated carbocycles. The monoisotopic (exact) mass is 399 g/mol. The van der Waals surface area contributed by atoms with Gasteiger partial charge in [-0.25, -0.2) is 4.79 Å². The summed E-state index contributed by atoms with van der Waals surface area (Å²) in [5, 5.41) is 20.0. The molecule has 1 saturated heterocycles. The van der Waals surface area contributed by atoms with Gasteiger partial charge in [-0.05, 0) is 5.92 Å². The van der Waals surface area contributed by atoms with Crippen molar-refractivity contribution in [3.05, 3.63) is 22.2 Å². The normalized spacial score (nSPS) is 25.7. The number of hydrogen-bond acceptors (Lipinski definition) is 10. The zero-order chi connectivity index (χ0) is 18.2. The highest BCUT2D eigenvalue weighted by Gasteiger charge is 2.44. The summed E-state index contributed by atoms with van der Waals surface area (Å²) in [6, 6.07) is 0. The number of hydrogen-bond donors (Lipinski definition) is 5. The summed E-state index contributed by atoms with van der Waals surface area (Å²) >= 11 is 0. The summed E-state index contributed by atoms with van der Waals surface area (Å²) in [6.45, 7) is 2.85. The van der Waals surface area contributed by atoms with Crippen LogP contribution in [0.25, 0.3) is 0 Å². The number of phosphoric acid groups is 1. The Labute approximate surface area is 149 Å². The minimum Gasteiger partial charge on any atom is -0.790 e. The fourth-order valence-electron chi connectivity index (χ4n) is 2.39. The summed E-state index contributed by atoms with van der Waals surface area (Å²) in [5.74, 6) is -0.0310. The van der Waals surface area contributed by atoms with E-state index in [0.29, 0.717) is 5.56 Å². The van der Waals surface area contributed by atoms with Crippen molar-refractivity contribution in [2.45, 2.75) is 44.3 Å². The lowest BCUT2D eigenvalue weighted by Gasteiger charge is -2.30. The molecule has 4 atom stereocenters. The SMILES string of the molecule is CC(C)c1cn([C@@H]2O[C@H](COP(=O)([O-])[O-])[C@@H](O)[C@H]2O)c(=O)nc1N.[NH4+].[NH4+]. The number of quaternary nitrogens is 2. The minimum atomic E-state index is -5.26. The average Bonchev–Trinajstić information content (AvgIpc) is 2.72. The molecule has 26 heavy (non-hydrogen) atoms. The van der Waals surface area contributed by atoms with Crippen molar-refractivity contribution >= 4 is 13.6 Å². The average molecular weight is 399 g/mol. The van der Waals surface area contributed by atoms with E-state index >= 15 is 0 Å². The van der Waals surface area contributed by atoms with Crippen LogP contribution >= 0.6 is 7.82 Å². The molecule has 2 rings (SSSR count). The third-order valence-corrected chi connectivity index (χ3v) is 4.11. The third-order valence-electron chi connectivity index (χ3n) is 3.64. The first kappa shape index (κ1) is 24.6. The van der Waals surface area contributed by atoms with Crippen LogP contribution in [0.15, 0.2) is 11.0 Å². The molecule has 12 N–H and O–H groups in total. The number of aliphatic hydroxyl groups is 2. The van der Waals surface area contributed by atoms with Gasteiger partial charge >= 0.3 is 5.69 Å². The standard InChI is InChI=1S/C12H20N3O8P.2H3N/c1-5(2)6-3-15(12(18)14-10(6)13)11-9(17)8(16)7(23-11)4-22-24(19,20)21;;/h3,5,7-9,11,16-17H,4H2,1-2H3,(H2,13,14,18)(H2,19,20,21);2*1H3/t7-,8-,9-,11-;;/m1../s1. The van der Waals surface area contributed by atoms with E-state index in [0.717, 1.165) is 4.57 Å². The second-order valence-corrected chi connectivity index (χ2v) is 6.87. The molecule has 0 aromatic carbocycles. The predicted molar refractivity (Wildman–Crippen MR) is 88.5 cm³/mol. The molecule has 0 bridgehead atoms. The van der Waals surface area contributed by atoms with Gasteiger partial charge in [-0.2, -0.15) is 4.98 Å². The van der Waals surface area contributed by atoms with E-state index in [1.807, 2.05) is 13.8 Å². The number of nitrogen functional groups attached to an aromatic ring is 1. The van der Waals surface area contributed by atoms with Gasteiger partial charge in [0.25, 0.3) is 0 Å². The molecule has 14 heteroatoms. The molecule has 0 amide bonds. The zero-order valence-electron chi connectivity index (χ0n) is 14.9. The van der Waals surface area contributed by atoms with Crippen LogP contribution in [0.3, 0.4) is 0 Å². The maximum absolute atomic E-state index is 12.0. The molecule has 2 heterocycles. The summed E-state index contributed by atoms with van der Waals surface area (Å²) in [4.78, 5) is 36.7. The lowest BCUT2D eigenvalue weighted by Crippen LogP contribution is -2.37. The Morgan fingerprint density at radius 3 is 2.46 bits per heavy atom. The van der Waals surface area contributed by atoms with Crippen molar-refractivity contribution in [2.75, 3.05) is 12.3 Å². The number of nitrogens with two attached hydrogens (primary N) is 1. The van der Waals surface area contributed by atoms with Crippen LogP contribution in [0.5, 0.6) is 0 Å². The van der Waals surface area contributed by atoms with Crippen molar-refractivity contribution in [2.24, 2.45) is 0 Å². The molecule has 1 aliphatic rings. The van der Waals surface area contributed by atoms with Gasteiger partial charge in [-0.3, -0.25) is 4.57 Å². The van der Waals surface area contributed by atoms with Crippen LogP contribution in [-0.2, 0) is 13.8 Å².